The smallest absolute Gasteiger partial charge is 0.306 e. The molecular weight excluding hydrogens is 1020 g/mol. The highest BCUT2D eigenvalue weighted by atomic mass is 16.6. The molecule has 0 aliphatic carbocycles. The van der Waals surface area contributed by atoms with Crippen molar-refractivity contribution in [2.45, 2.75) is 412 Å². The van der Waals surface area contributed by atoms with Gasteiger partial charge in [0.1, 0.15) is 13.2 Å². The van der Waals surface area contributed by atoms with Crippen LogP contribution in [0.25, 0.3) is 0 Å². The number of carbonyl (C=O) groups is 3. The summed E-state index contributed by atoms with van der Waals surface area (Å²) in [5.41, 5.74) is 0. The van der Waals surface area contributed by atoms with E-state index in [9.17, 15) is 14.4 Å². The normalized spacial score (nSPS) is 12.3. The first-order valence-corrected chi connectivity index (χ1v) is 37.1. The lowest BCUT2D eigenvalue weighted by Gasteiger charge is -2.18. The molecule has 486 valence electrons. The zero-order valence-electron chi connectivity index (χ0n) is 56.0. The zero-order chi connectivity index (χ0) is 59.9. The molecule has 83 heavy (non-hydrogen) atoms. The van der Waals surface area contributed by atoms with Gasteiger partial charge >= 0.3 is 17.9 Å². The van der Waals surface area contributed by atoms with Crippen LogP contribution in [0.5, 0.6) is 0 Å². The van der Waals surface area contributed by atoms with Gasteiger partial charge in [0.25, 0.3) is 0 Å². The van der Waals surface area contributed by atoms with Crippen molar-refractivity contribution < 1.29 is 28.6 Å². The molecule has 0 aromatic rings. The molecule has 6 nitrogen and oxygen atoms in total. The Labute approximate surface area is 518 Å². The van der Waals surface area contributed by atoms with Crippen molar-refractivity contribution in [2.24, 2.45) is 0 Å². The van der Waals surface area contributed by atoms with Crippen molar-refractivity contribution in [3.63, 3.8) is 0 Å². The van der Waals surface area contributed by atoms with E-state index in [1.165, 1.54) is 295 Å². The number of hydrogen-bond donors (Lipinski definition) is 0. The van der Waals surface area contributed by atoms with Gasteiger partial charge in [0.2, 0.25) is 0 Å². The Hall–Kier alpha value is -2.63. The second-order valence-corrected chi connectivity index (χ2v) is 25.2. The summed E-state index contributed by atoms with van der Waals surface area (Å²) in [7, 11) is 0. The van der Waals surface area contributed by atoms with Gasteiger partial charge in [-0.05, 0) is 83.5 Å². The lowest BCUT2D eigenvalue weighted by atomic mass is 10.0. The van der Waals surface area contributed by atoms with Crippen molar-refractivity contribution >= 4 is 17.9 Å². The van der Waals surface area contributed by atoms with E-state index in [0.29, 0.717) is 19.3 Å². The highest BCUT2D eigenvalue weighted by Crippen LogP contribution is 2.18. The summed E-state index contributed by atoms with van der Waals surface area (Å²) in [4.78, 5) is 38.4. The first kappa shape index (κ1) is 80.4. The van der Waals surface area contributed by atoms with Crippen LogP contribution in [0.2, 0.25) is 0 Å². The number of esters is 3. The Morgan fingerprint density at radius 1 is 0.241 bits per heavy atom. The third-order valence-electron chi connectivity index (χ3n) is 16.8. The minimum atomic E-state index is -0.773. The number of unbranched alkanes of at least 4 members (excludes halogenated alkanes) is 50. The Morgan fingerprint density at radius 3 is 0.687 bits per heavy atom. The SMILES string of the molecule is CCCCCCC/C=C\C/C=C\C/C=C\CCCCCCCCCCCCC(=O)OC(COC(=O)CCCCCCCCCCCCC)COC(=O)CCCCCCCCCCCCCCCCCCC/C=C\CCCCCCCCCC. The standard InChI is InChI=1S/C77H142O6/c1-4-7-10-13-16-19-22-24-26-28-30-32-34-36-37-38-39-41-42-44-46-48-50-52-55-58-61-64-67-70-76(79)82-73-74(72-81-75(78)69-66-63-60-57-54-21-18-15-12-9-6-3)83-77(80)71-68-65-62-59-56-53-51-49-47-45-43-40-35-33-31-29-27-25-23-20-17-14-11-8-5-2/h23,25,28-31,35,40,74H,4-22,24,26-27,32-34,36-39,41-73H2,1-3H3/b25-23-,30-28-,31-29-,40-35-. The number of ether oxygens (including phenoxy) is 3. The first-order chi connectivity index (χ1) is 41.0. The van der Waals surface area contributed by atoms with Crippen LogP contribution in [0.4, 0.5) is 0 Å². The van der Waals surface area contributed by atoms with Crippen LogP contribution in [0.1, 0.15) is 406 Å². The van der Waals surface area contributed by atoms with Gasteiger partial charge in [0.05, 0.1) is 0 Å². The number of carbonyl (C=O) groups excluding carboxylic acids is 3. The van der Waals surface area contributed by atoms with E-state index in [1.54, 1.807) is 0 Å². The molecule has 0 rings (SSSR count). The molecule has 1 unspecified atom stereocenters. The van der Waals surface area contributed by atoms with Gasteiger partial charge in [-0.2, -0.15) is 0 Å². The summed E-state index contributed by atoms with van der Waals surface area (Å²) in [5.74, 6) is -0.847. The first-order valence-electron chi connectivity index (χ1n) is 37.1. The number of rotatable bonds is 69. The molecule has 0 radical (unpaired) electrons. The van der Waals surface area contributed by atoms with Crippen LogP contribution in [0.15, 0.2) is 48.6 Å². The van der Waals surface area contributed by atoms with Gasteiger partial charge in [-0.3, -0.25) is 14.4 Å². The third-order valence-corrected chi connectivity index (χ3v) is 16.8. The molecule has 0 spiro atoms. The molecule has 0 N–H and O–H groups in total. The third kappa shape index (κ3) is 70.0. The monoisotopic (exact) mass is 1160 g/mol. The molecule has 0 heterocycles. The minimum absolute atomic E-state index is 0.0695. The molecular formula is C77H142O6. The molecule has 6 heteroatoms. The summed E-state index contributed by atoms with van der Waals surface area (Å²) < 4.78 is 17.0. The zero-order valence-corrected chi connectivity index (χ0v) is 56.0. The topological polar surface area (TPSA) is 78.9 Å². The molecule has 1 atom stereocenters. The maximum absolute atomic E-state index is 13.0. The predicted octanol–water partition coefficient (Wildman–Crippen LogP) is 25.7. The Balaban J connectivity index is 4.16. The minimum Gasteiger partial charge on any atom is -0.462 e. The van der Waals surface area contributed by atoms with E-state index in [1.807, 2.05) is 0 Å². The van der Waals surface area contributed by atoms with Gasteiger partial charge in [0, 0.05) is 19.3 Å². The molecule has 0 saturated carbocycles. The van der Waals surface area contributed by atoms with Crippen molar-refractivity contribution in [3.05, 3.63) is 48.6 Å². The second kappa shape index (κ2) is 71.8. The van der Waals surface area contributed by atoms with Crippen LogP contribution >= 0.6 is 0 Å². The molecule has 0 aliphatic rings. The molecule has 0 fully saturated rings. The summed E-state index contributed by atoms with van der Waals surface area (Å²) in [6.45, 7) is 6.69. The van der Waals surface area contributed by atoms with Crippen LogP contribution in [0, 0.1) is 0 Å². The highest BCUT2D eigenvalue weighted by molar-refractivity contribution is 5.71. The lowest BCUT2D eigenvalue weighted by Crippen LogP contribution is -2.30. The second-order valence-electron chi connectivity index (χ2n) is 25.2. The molecule has 0 aromatic carbocycles. The maximum Gasteiger partial charge on any atom is 0.306 e. The Bertz CT molecular complexity index is 1430. The maximum atomic E-state index is 13.0. The van der Waals surface area contributed by atoms with Crippen LogP contribution in [-0.4, -0.2) is 37.2 Å². The van der Waals surface area contributed by atoms with Crippen molar-refractivity contribution in [2.75, 3.05) is 13.2 Å². The van der Waals surface area contributed by atoms with E-state index in [4.69, 9.17) is 14.2 Å². The summed E-state index contributed by atoms with van der Waals surface area (Å²) in [6, 6.07) is 0. The molecule has 0 bridgehead atoms. The number of hydrogen-bond acceptors (Lipinski definition) is 6. The summed E-state index contributed by atoms with van der Waals surface area (Å²) >= 11 is 0. The number of allylic oxidation sites excluding steroid dienone is 8. The van der Waals surface area contributed by atoms with E-state index in [-0.39, 0.29) is 31.1 Å². The van der Waals surface area contributed by atoms with Gasteiger partial charge in [0.15, 0.2) is 6.10 Å². The van der Waals surface area contributed by atoms with Crippen LogP contribution in [-0.2, 0) is 28.6 Å². The van der Waals surface area contributed by atoms with Gasteiger partial charge in [-0.25, -0.2) is 0 Å². The van der Waals surface area contributed by atoms with Crippen LogP contribution < -0.4 is 0 Å². The fourth-order valence-corrected chi connectivity index (χ4v) is 11.2. The van der Waals surface area contributed by atoms with E-state index in [2.05, 4.69) is 69.4 Å². The Kier molecular flexibility index (Phi) is 69.6. The van der Waals surface area contributed by atoms with E-state index < -0.39 is 6.10 Å². The fourth-order valence-electron chi connectivity index (χ4n) is 11.2. The van der Waals surface area contributed by atoms with Crippen molar-refractivity contribution in [1.29, 1.82) is 0 Å². The summed E-state index contributed by atoms with van der Waals surface area (Å²) in [6.07, 6.45) is 91.6. The molecule has 0 aliphatic heterocycles. The fraction of sp³-hybridized carbons (Fsp3) is 0.857. The Morgan fingerprint density at radius 2 is 0.434 bits per heavy atom. The average molecular weight is 1160 g/mol. The largest absolute Gasteiger partial charge is 0.462 e. The van der Waals surface area contributed by atoms with Crippen molar-refractivity contribution in [3.8, 4) is 0 Å². The molecule has 0 saturated heterocycles. The van der Waals surface area contributed by atoms with Gasteiger partial charge in [-0.15, -0.1) is 0 Å². The van der Waals surface area contributed by atoms with Crippen molar-refractivity contribution in [1.82, 2.24) is 0 Å². The molecule has 0 amide bonds. The van der Waals surface area contributed by atoms with E-state index >= 15 is 0 Å². The molecule has 0 aromatic heterocycles. The summed E-state index contributed by atoms with van der Waals surface area (Å²) in [5, 5.41) is 0. The van der Waals surface area contributed by atoms with Crippen LogP contribution in [0.3, 0.4) is 0 Å². The van der Waals surface area contributed by atoms with Gasteiger partial charge in [-0.1, -0.05) is 352 Å². The lowest BCUT2D eigenvalue weighted by molar-refractivity contribution is -0.167. The average Bonchev–Trinajstić information content (AvgIpc) is 3.48. The predicted molar refractivity (Wildman–Crippen MR) is 362 cm³/mol. The quantitative estimate of drug-likeness (QED) is 0.0261. The van der Waals surface area contributed by atoms with Gasteiger partial charge < -0.3 is 14.2 Å². The highest BCUT2D eigenvalue weighted by Gasteiger charge is 2.19. The van der Waals surface area contributed by atoms with E-state index in [0.717, 1.165) is 70.6 Å².